The van der Waals surface area contributed by atoms with E-state index in [4.69, 9.17) is 14.2 Å². The first-order chi connectivity index (χ1) is 14.5. The number of hydrogen-bond acceptors (Lipinski definition) is 6. The van der Waals surface area contributed by atoms with E-state index in [2.05, 4.69) is 10.6 Å². The molecule has 0 aromatic heterocycles. The fourth-order valence-electron chi connectivity index (χ4n) is 2.68. The van der Waals surface area contributed by atoms with E-state index in [0.29, 0.717) is 36.0 Å². The first-order valence-corrected chi connectivity index (χ1v) is 9.41. The van der Waals surface area contributed by atoms with Gasteiger partial charge < -0.3 is 24.8 Å². The van der Waals surface area contributed by atoms with Crippen LogP contribution in [-0.2, 0) is 14.3 Å². The molecular formula is C22H22N2O6. The molecule has 30 heavy (non-hydrogen) atoms. The molecule has 0 aliphatic carbocycles. The second kappa shape index (κ2) is 10.1. The summed E-state index contributed by atoms with van der Waals surface area (Å²) in [5.74, 6) is -0.0495. The van der Waals surface area contributed by atoms with Crippen LogP contribution < -0.4 is 20.1 Å². The summed E-state index contributed by atoms with van der Waals surface area (Å²) < 4.78 is 16.1. The molecule has 1 aliphatic heterocycles. The number of benzene rings is 2. The lowest BCUT2D eigenvalue weighted by Gasteiger charge is -2.07. The van der Waals surface area contributed by atoms with E-state index in [9.17, 15) is 14.4 Å². The predicted molar refractivity (Wildman–Crippen MR) is 111 cm³/mol. The number of anilines is 1. The largest absolute Gasteiger partial charge is 0.490 e. The van der Waals surface area contributed by atoms with Crippen LogP contribution in [0.1, 0.15) is 22.3 Å². The van der Waals surface area contributed by atoms with Crippen molar-refractivity contribution in [3.05, 3.63) is 59.7 Å². The van der Waals surface area contributed by atoms with Crippen LogP contribution in [0, 0.1) is 0 Å². The first-order valence-electron chi connectivity index (χ1n) is 9.41. The van der Waals surface area contributed by atoms with Crippen LogP contribution in [0.3, 0.4) is 0 Å². The van der Waals surface area contributed by atoms with Gasteiger partial charge in [-0.1, -0.05) is 6.07 Å². The molecule has 2 N–H and O–H groups in total. The van der Waals surface area contributed by atoms with E-state index in [1.165, 1.54) is 13.1 Å². The van der Waals surface area contributed by atoms with Crippen LogP contribution in [0.4, 0.5) is 5.69 Å². The average molecular weight is 410 g/mol. The van der Waals surface area contributed by atoms with Gasteiger partial charge in [0.05, 0.1) is 13.2 Å². The molecule has 8 heteroatoms. The first kappa shape index (κ1) is 20.9. The highest BCUT2D eigenvalue weighted by molar-refractivity contribution is 5.96. The van der Waals surface area contributed by atoms with Gasteiger partial charge in [0.15, 0.2) is 18.1 Å². The van der Waals surface area contributed by atoms with E-state index in [0.717, 1.165) is 12.0 Å². The van der Waals surface area contributed by atoms with E-state index in [-0.39, 0.29) is 5.91 Å². The lowest BCUT2D eigenvalue weighted by molar-refractivity contribution is -0.142. The third-order valence-electron chi connectivity index (χ3n) is 4.19. The fourth-order valence-corrected chi connectivity index (χ4v) is 2.68. The molecule has 2 amide bonds. The Balaban J connectivity index is 1.47. The van der Waals surface area contributed by atoms with E-state index in [1.54, 1.807) is 48.5 Å². The molecule has 0 unspecified atom stereocenters. The predicted octanol–water partition coefficient (Wildman–Crippen LogP) is 2.40. The number of rotatable bonds is 6. The Kier molecular flexibility index (Phi) is 7.05. The van der Waals surface area contributed by atoms with Crippen LogP contribution in [0.5, 0.6) is 11.5 Å². The summed E-state index contributed by atoms with van der Waals surface area (Å²) >= 11 is 0. The average Bonchev–Trinajstić information content (AvgIpc) is 3.01. The topological polar surface area (TPSA) is 103 Å². The van der Waals surface area contributed by atoms with E-state index < -0.39 is 18.5 Å². The number of carbonyl (C=O) groups excluding carboxylic acids is 3. The Bertz CT molecular complexity index is 953. The van der Waals surface area contributed by atoms with E-state index >= 15 is 0 Å². The molecule has 8 nitrogen and oxygen atoms in total. The van der Waals surface area contributed by atoms with Gasteiger partial charge in [0.25, 0.3) is 11.8 Å². The molecule has 1 aliphatic rings. The van der Waals surface area contributed by atoms with Crippen molar-refractivity contribution in [2.75, 3.05) is 32.2 Å². The van der Waals surface area contributed by atoms with Crippen LogP contribution in [-0.4, -0.2) is 44.7 Å². The summed E-state index contributed by atoms with van der Waals surface area (Å²) in [6.45, 7) is 0.752. The van der Waals surface area contributed by atoms with Crippen molar-refractivity contribution in [1.82, 2.24) is 5.32 Å². The zero-order valence-electron chi connectivity index (χ0n) is 16.5. The SMILES string of the molecule is CNC(=O)c1ccc(NC(=O)COC(=O)/C=C/c2ccc3c(c2)OCCCO3)cc1. The summed E-state index contributed by atoms with van der Waals surface area (Å²) in [6, 6.07) is 11.7. The van der Waals surface area contributed by atoms with Crippen molar-refractivity contribution in [3.63, 3.8) is 0 Å². The Morgan fingerprint density at radius 3 is 2.50 bits per heavy atom. The highest BCUT2D eigenvalue weighted by atomic mass is 16.5. The molecule has 0 saturated carbocycles. The van der Waals surface area contributed by atoms with Crippen molar-refractivity contribution < 1.29 is 28.6 Å². The number of carbonyl (C=O) groups is 3. The molecule has 2 aromatic rings. The molecule has 0 spiro atoms. The lowest BCUT2D eigenvalue weighted by atomic mass is 10.2. The van der Waals surface area contributed by atoms with Crippen LogP contribution in [0.25, 0.3) is 6.08 Å². The van der Waals surface area contributed by atoms with Gasteiger partial charge in [-0.25, -0.2) is 4.79 Å². The monoisotopic (exact) mass is 410 g/mol. The molecule has 3 rings (SSSR count). The Morgan fingerprint density at radius 1 is 1.03 bits per heavy atom. The Morgan fingerprint density at radius 2 is 1.77 bits per heavy atom. The number of ether oxygens (including phenoxy) is 3. The zero-order chi connectivity index (χ0) is 21.3. The standard InChI is InChI=1S/C22H22N2O6/c1-23-22(27)16-5-7-17(8-6-16)24-20(25)14-30-21(26)10-4-15-3-9-18-19(13-15)29-12-2-11-28-18/h3-10,13H,2,11-12,14H2,1H3,(H,23,27)(H,24,25)/b10-4+. The second-order valence-electron chi connectivity index (χ2n) is 6.40. The molecule has 0 bridgehead atoms. The highest BCUT2D eigenvalue weighted by Gasteiger charge is 2.10. The summed E-state index contributed by atoms with van der Waals surface area (Å²) in [5, 5.41) is 5.11. The summed E-state index contributed by atoms with van der Waals surface area (Å²) in [5.41, 5.74) is 1.71. The minimum absolute atomic E-state index is 0.220. The molecule has 1 heterocycles. The van der Waals surface area contributed by atoms with Gasteiger partial charge in [-0.2, -0.15) is 0 Å². The maximum Gasteiger partial charge on any atom is 0.331 e. The van der Waals surface area contributed by atoms with Crippen molar-refractivity contribution >= 4 is 29.5 Å². The van der Waals surface area contributed by atoms with Crippen molar-refractivity contribution in [2.24, 2.45) is 0 Å². The smallest absolute Gasteiger partial charge is 0.331 e. The molecule has 0 atom stereocenters. The van der Waals surface area contributed by atoms with Gasteiger partial charge in [0.2, 0.25) is 0 Å². The summed E-state index contributed by atoms with van der Waals surface area (Å²) in [6.07, 6.45) is 3.63. The Hall–Kier alpha value is -3.81. The number of nitrogens with one attached hydrogen (secondary N) is 2. The minimum Gasteiger partial charge on any atom is -0.490 e. The molecule has 2 aromatic carbocycles. The van der Waals surface area contributed by atoms with Crippen LogP contribution >= 0.6 is 0 Å². The van der Waals surface area contributed by atoms with Crippen molar-refractivity contribution in [3.8, 4) is 11.5 Å². The Labute approximate surface area is 173 Å². The van der Waals surface area contributed by atoms with Crippen molar-refractivity contribution in [1.29, 1.82) is 0 Å². The lowest BCUT2D eigenvalue weighted by Crippen LogP contribution is -2.20. The normalized spacial score (nSPS) is 12.7. The molecule has 156 valence electrons. The quantitative estimate of drug-likeness (QED) is 0.560. The van der Waals surface area contributed by atoms with Gasteiger partial charge in [-0.15, -0.1) is 0 Å². The van der Waals surface area contributed by atoms with Gasteiger partial charge in [-0.3, -0.25) is 9.59 Å². The maximum absolute atomic E-state index is 11.9. The van der Waals surface area contributed by atoms with Gasteiger partial charge in [0, 0.05) is 30.8 Å². The fraction of sp³-hybridized carbons (Fsp3) is 0.227. The van der Waals surface area contributed by atoms with E-state index in [1.807, 2.05) is 0 Å². The second-order valence-corrected chi connectivity index (χ2v) is 6.40. The number of fused-ring (bicyclic) bond motifs is 1. The number of esters is 1. The van der Waals surface area contributed by atoms with Crippen LogP contribution in [0.2, 0.25) is 0 Å². The highest BCUT2D eigenvalue weighted by Crippen LogP contribution is 2.30. The van der Waals surface area contributed by atoms with Crippen LogP contribution in [0.15, 0.2) is 48.5 Å². The number of hydrogen-bond donors (Lipinski definition) is 2. The summed E-state index contributed by atoms with van der Waals surface area (Å²) in [7, 11) is 1.54. The molecule has 0 saturated heterocycles. The number of amides is 2. The molecule has 0 radical (unpaired) electrons. The summed E-state index contributed by atoms with van der Waals surface area (Å²) in [4.78, 5) is 35.3. The van der Waals surface area contributed by atoms with Crippen molar-refractivity contribution in [2.45, 2.75) is 6.42 Å². The van der Waals surface area contributed by atoms with Gasteiger partial charge >= 0.3 is 5.97 Å². The minimum atomic E-state index is -0.646. The maximum atomic E-state index is 11.9. The zero-order valence-corrected chi connectivity index (χ0v) is 16.5. The third kappa shape index (κ3) is 5.84. The molecular weight excluding hydrogens is 388 g/mol. The third-order valence-corrected chi connectivity index (χ3v) is 4.19. The molecule has 0 fully saturated rings. The van der Waals surface area contributed by atoms with Gasteiger partial charge in [0.1, 0.15) is 0 Å². The van der Waals surface area contributed by atoms with Gasteiger partial charge in [-0.05, 0) is 48.0 Å².